The molecule has 0 aliphatic carbocycles. The highest BCUT2D eigenvalue weighted by Gasteiger charge is 2.25. The van der Waals surface area contributed by atoms with E-state index in [1.807, 2.05) is 13.8 Å². The molecule has 1 aliphatic heterocycles. The normalized spacial score (nSPS) is 15.2. The second kappa shape index (κ2) is 10.0. The lowest BCUT2D eigenvalue weighted by atomic mass is 9.97. The molecule has 1 amide bonds. The zero-order valence-electron chi connectivity index (χ0n) is 17.5. The van der Waals surface area contributed by atoms with Gasteiger partial charge in [0.1, 0.15) is 5.75 Å². The number of hydrogen-bond acceptors (Lipinski definition) is 5. The van der Waals surface area contributed by atoms with Crippen LogP contribution in [0.25, 0.3) is 0 Å². The van der Waals surface area contributed by atoms with E-state index in [9.17, 15) is 13.2 Å². The van der Waals surface area contributed by atoms with Crippen LogP contribution in [0.5, 0.6) is 5.75 Å². The SMILES string of the molecule is CCCOc1ccc(S(=O)(=O)NCC2CCN(C(=O)c3cccnc3)CC2)cc1C. The molecule has 30 heavy (non-hydrogen) atoms. The number of nitrogens with zero attached hydrogens (tertiary/aromatic N) is 2. The first-order valence-electron chi connectivity index (χ1n) is 10.3. The van der Waals surface area contributed by atoms with Crippen molar-refractivity contribution in [3.05, 3.63) is 53.9 Å². The molecule has 2 aromatic rings. The van der Waals surface area contributed by atoms with Gasteiger partial charge < -0.3 is 9.64 Å². The van der Waals surface area contributed by atoms with Gasteiger partial charge in [0.25, 0.3) is 5.91 Å². The van der Waals surface area contributed by atoms with Crippen molar-refractivity contribution in [2.45, 2.75) is 38.0 Å². The number of nitrogens with one attached hydrogen (secondary N) is 1. The third-order valence-corrected chi connectivity index (χ3v) is 6.71. The maximum atomic E-state index is 12.7. The molecule has 1 aromatic carbocycles. The molecule has 1 aromatic heterocycles. The summed E-state index contributed by atoms with van der Waals surface area (Å²) in [5.41, 5.74) is 1.38. The number of carbonyl (C=O) groups is 1. The molecular formula is C22H29N3O4S. The van der Waals surface area contributed by atoms with E-state index in [4.69, 9.17) is 4.74 Å². The third kappa shape index (κ3) is 5.58. The van der Waals surface area contributed by atoms with Crippen molar-refractivity contribution >= 4 is 15.9 Å². The summed E-state index contributed by atoms with van der Waals surface area (Å²) in [6.45, 7) is 6.07. The van der Waals surface area contributed by atoms with Crippen LogP contribution in [0.3, 0.4) is 0 Å². The quantitative estimate of drug-likeness (QED) is 0.694. The van der Waals surface area contributed by atoms with E-state index in [1.54, 1.807) is 47.6 Å². The van der Waals surface area contributed by atoms with Crippen LogP contribution in [0.4, 0.5) is 0 Å². The minimum absolute atomic E-state index is 0.0250. The first kappa shape index (κ1) is 22.2. The summed E-state index contributed by atoms with van der Waals surface area (Å²) >= 11 is 0. The van der Waals surface area contributed by atoms with Gasteiger partial charge in [-0.25, -0.2) is 13.1 Å². The highest BCUT2D eigenvalue weighted by atomic mass is 32.2. The molecule has 1 aliphatic rings. The first-order chi connectivity index (χ1) is 14.4. The second-order valence-electron chi connectivity index (χ2n) is 7.60. The van der Waals surface area contributed by atoms with Gasteiger partial charge in [0.05, 0.1) is 17.1 Å². The van der Waals surface area contributed by atoms with Crippen molar-refractivity contribution in [2.24, 2.45) is 5.92 Å². The average Bonchev–Trinajstić information content (AvgIpc) is 2.77. The molecule has 1 fully saturated rings. The van der Waals surface area contributed by atoms with Crippen LogP contribution in [0.1, 0.15) is 42.1 Å². The van der Waals surface area contributed by atoms with Crippen LogP contribution in [0, 0.1) is 12.8 Å². The summed E-state index contributed by atoms with van der Waals surface area (Å²) in [7, 11) is -3.59. The van der Waals surface area contributed by atoms with E-state index in [0.717, 1.165) is 24.8 Å². The Morgan fingerprint density at radius 1 is 1.27 bits per heavy atom. The Morgan fingerprint density at radius 3 is 2.67 bits per heavy atom. The lowest BCUT2D eigenvalue weighted by Gasteiger charge is -2.32. The number of rotatable bonds is 8. The molecule has 0 bridgehead atoms. The number of pyridine rings is 1. The Kier molecular flexibility index (Phi) is 7.44. The zero-order chi connectivity index (χ0) is 21.6. The Hall–Kier alpha value is -2.45. The highest BCUT2D eigenvalue weighted by molar-refractivity contribution is 7.89. The van der Waals surface area contributed by atoms with Gasteiger partial charge in [-0.05, 0) is 68.0 Å². The third-order valence-electron chi connectivity index (χ3n) is 5.29. The standard InChI is InChI=1S/C22H29N3O4S/c1-3-13-29-21-7-6-20(14-17(21)2)30(27,28)24-15-18-8-11-25(12-9-18)22(26)19-5-4-10-23-16-19/h4-7,10,14,16,18,24H,3,8-9,11-13,15H2,1-2H3. The Balaban J connectivity index is 1.52. The predicted molar refractivity (Wildman–Crippen MR) is 115 cm³/mol. The van der Waals surface area contributed by atoms with Gasteiger partial charge in [0, 0.05) is 32.0 Å². The van der Waals surface area contributed by atoms with Gasteiger partial charge in [-0.3, -0.25) is 9.78 Å². The summed E-state index contributed by atoms with van der Waals surface area (Å²) in [6.07, 6.45) is 5.63. The largest absolute Gasteiger partial charge is 0.493 e. The van der Waals surface area contributed by atoms with Gasteiger partial charge in [-0.2, -0.15) is 0 Å². The first-order valence-corrected chi connectivity index (χ1v) is 11.8. The minimum Gasteiger partial charge on any atom is -0.493 e. The predicted octanol–water partition coefficient (Wildman–Crippen LogP) is 3.01. The monoisotopic (exact) mass is 431 g/mol. The van der Waals surface area contributed by atoms with Gasteiger partial charge in [0.15, 0.2) is 0 Å². The number of aryl methyl sites for hydroxylation is 1. The van der Waals surface area contributed by atoms with Crippen LogP contribution in [0.15, 0.2) is 47.6 Å². The Morgan fingerprint density at radius 2 is 2.03 bits per heavy atom. The van der Waals surface area contributed by atoms with Crippen LogP contribution < -0.4 is 9.46 Å². The minimum atomic E-state index is -3.59. The van der Waals surface area contributed by atoms with Gasteiger partial charge in [-0.15, -0.1) is 0 Å². The van der Waals surface area contributed by atoms with E-state index in [1.165, 1.54) is 0 Å². The van der Waals surface area contributed by atoms with Crippen molar-refractivity contribution in [1.29, 1.82) is 0 Å². The van der Waals surface area contributed by atoms with E-state index in [0.29, 0.717) is 37.6 Å². The average molecular weight is 432 g/mol. The van der Waals surface area contributed by atoms with Crippen molar-refractivity contribution in [3.63, 3.8) is 0 Å². The molecule has 1 N–H and O–H groups in total. The van der Waals surface area contributed by atoms with Crippen LogP contribution in [0.2, 0.25) is 0 Å². The van der Waals surface area contributed by atoms with Crippen LogP contribution >= 0.6 is 0 Å². The van der Waals surface area contributed by atoms with Crippen LogP contribution in [-0.4, -0.2) is 50.5 Å². The van der Waals surface area contributed by atoms with E-state index in [2.05, 4.69) is 9.71 Å². The Bertz CT molecular complexity index is 956. The number of ether oxygens (including phenoxy) is 1. The summed E-state index contributed by atoms with van der Waals surface area (Å²) < 4.78 is 33.7. The maximum Gasteiger partial charge on any atom is 0.255 e. The number of sulfonamides is 1. The molecule has 2 heterocycles. The maximum absolute atomic E-state index is 12.7. The Labute approximate surface area is 178 Å². The molecule has 3 rings (SSSR count). The van der Waals surface area contributed by atoms with Gasteiger partial charge >= 0.3 is 0 Å². The summed E-state index contributed by atoms with van der Waals surface area (Å²) in [6, 6.07) is 8.44. The second-order valence-corrected chi connectivity index (χ2v) is 9.37. The van der Waals surface area contributed by atoms with Crippen LogP contribution in [-0.2, 0) is 10.0 Å². The summed E-state index contributed by atoms with van der Waals surface area (Å²) in [4.78, 5) is 18.5. The molecule has 0 saturated carbocycles. The zero-order valence-corrected chi connectivity index (χ0v) is 18.3. The molecular weight excluding hydrogens is 402 g/mol. The fourth-order valence-electron chi connectivity index (χ4n) is 3.49. The molecule has 0 unspecified atom stereocenters. The number of aromatic nitrogens is 1. The van der Waals surface area contributed by atoms with Gasteiger partial charge in [0.2, 0.25) is 10.0 Å². The topological polar surface area (TPSA) is 88.6 Å². The number of benzene rings is 1. The lowest BCUT2D eigenvalue weighted by Crippen LogP contribution is -2.41. The van der Waals surface area contributed by atoms with Crippen molar-refractivity contribution in [2.75, 3.05) is 26.2 Å². The molecule has 1 saturated heterocycles. The van der Waals surface area contributed by atoms with E-state index >= 15 is 0 Å². The molecule has 0 spiro atoms. The highest BCUT2D eigenvalue weighted by Crippen LogP contribution is 2.23. The molecule has 162 valence electrons. The number of likely N-dealkylation sites (tertiary alicyclic amines) is 1. The summed E-state index contributed by atoms with van der Waals surface area (Å²) in [5.74, 6) is 0.885. The fraction of sp³-hybridized carbons (Fsp3) is 0.455. The smallest absolute Gasteiger partial charge is 0.255 e. The number of piperidine rings is 1. The molecule has 0 radical (unpaired) electrons. The summed E-state index contributed by atoms with van der Waals surface area (Å²) in [5, 5.41) is 0. The molecule has 8 heteroatoms. The number of amides is 1. The van der Waals surface area contributed by atoms with Crippen molar-refractivity contribution in [1.82, 2.24) is 14.6 Å². The number of hydrogen-bond donors (Lipinski definition) is 1. The molecule has 7 nitrogen and oxygen atoms in total. The van der Waals surface area contributed by atoms with Crippen molar-refractivity contribution in [3.8, 4) is 5.75 Å². The number of carbonyl (C=O) groups excluding carboxylic acids is 1. The lowest BCUT2D eigenvalue weighted by molar-refractivity contribution is 0.0691. The van der Waals surface area contributed by atoms with E-state index in [-0.39, 0.29) is 16.7 Å². The van der Waals surface area contributed by atoms with E-state index < -0.39 is 10.0 Å². The van der Waals surface area contributed by atoms with Crippen molar-refractivity contribution < 1.29 is 17.9 Å². The van der Waals surface area contributed by atoms with Gasteiger partial charge in [-0.1, -0.05) is 6.92 Å². The molecule has 0 atom stereocenters. The fourth-order valence-corrected chi connectivity index (χ4v) is 4.69.